The number of hydrogen-bond acceptors (Lipinski definition) is 2. The Labute approximate surface area is 132 Å². The van der Waals surface area contributed by atoms with Crippen LogP contribution >= 0.6 is 0 Å². The van der Waals surface area contributed by atoms with E-state index in [0.29, 0.717) is 5.56 Å². The molecule has 0 heterocycles. The van der Waals surface area contributed by atoms with Gasteiger partial charge in [-0.15, -0.1) is 6.58 Å². The highest BCUT2D eigenvalue weighted by Gasteiger charge is 2.26. The van der Waals surface area contributed by atoms with Crippen molar-refractivity contribution >= 4 is 5.78 Å². The van der Waals surface area contributed by atoms with Gasteiger partial charge in [-0.25, -0.2) is 0 Å². The summed E-state index contributed by atoms with van der Waals surface area (Å²) < 4.78 is 5.49. The summed E-state index contributed by atoms with van der Waals surface area (Å²) in [6, 6.07) is 19.5. The lowest BCUT2D eigenvalue weighted by Crippen LogP contribution is -2.31. The van der Waals surface area contributed by atoms with Crippen molar-refractivity contribution in [2.45, 2.75) is 18.9 Å². The van der Waals surface area contributed by atoms with Crippen LogP contribution < -0.4 is 0 Å². The fraction of sp³-hybridized carbons (Fsp3) is 0.250. The molecule has 114 valence electrons. The molecule has 0 fully saturated rings. The van der Waals surface area contributed by atoms with Crippen LogP contribution in [0.4, 0.5) is 0 Å². The smallest absolute Gasteiger partial charge is 0.192 e. The summed E-state index contributed by atoms with van der Waals surface area (Å²) in [4.78, 5) is 12.6. The number of benzene rings is 2. The maximum Gasteiger partial charge on any atom is 0.192 e. The molecule has 0 N–H and O–H groups in total. The van der Waals surface area contributed by atoms with Gasteiger partial charge in [-0.3, -0.25) is 4.79 Å². The van der Waals surface area contributed by atoms with Crippen LogP contribution in [-0.2, 0) is 11.2 Å². The number of rotatable bonds is 8. The first-order chi connectivity index (χ1) is 10.8. The van der Waals surface area contributed by atoms with Crippen LogP contribution in [0.15, 0.2) is 73.3 Å². The third kappa shape index (κ3) is 4.15. The lowest BCUT2D eigenvalue weighted by molar-refractivity contribution is 0.0462. The van der Waals surface area contributed by atoms with E-state index in [0.717, 1.165) is 12.8 Å². The summed E-state index contributed by atoms with van der Waals surface area (Å²) in [5.41, 5.74) is 1.94. The second kappa shape index (κ2) is 8.30. The number of ketones is 1. The quantitative estimate of drug-likeness (QED) is 0.535. The van der Waals surface area contributed by atoms with Crippen LogP contribution in [0.2, 0.25) is 0 Å². The number of carbonyl (C=O) groups excluding carboxylic acids is 1. The van der Waals surface area contributed by atoms with Crippen molar-refractivity contribution in [3.05, 3.63) is 84.4 Å². The van der Waals surface area contributed by atoms with Crippen molar-refractivity contribution in [1.82, 2.24) is 0 Å². The van der Waals surface area contributed by atoms with E-state index in [1.54, 1.807) is 7.11 Å². The van der Waals surface area contributed by atoms with Gasteiger partial charge in [0.15, 0.2) is 5.78 Å². The first-order valence-corrected chi connectivity index (χ1v) is 7.54. The first kappa shape index (κ1) is 16.2. The highest BCUT2D eigenvalue weighted by molar-refractivity contribution is 5.99. The zero-order chi connectivity index (χ0) is 15.8. The lowest BCUT2D eigenvalue weighted by atomic mass is 9.89. The van der Waals surface area contributed by atoms with Crippen LogP contribution in [0.25, 0.3) is 0 Å². The SMILES string of the molecule is C=C[C@H](CCc1ccccc1)[C@H](OC)C(=O)c1ccccc1. The number of aryl methyl sites for hydroxylation is 1. The van der Waals surface area contributed by atoms with Gasteiger partial charge in [-0.2, -0.15) is 0 Å². The van der Waals surface area contributed by atoms with E-state index in [9.17, 15) is 4.79 Å². The maximum absolute atomic E-state index is 12.6. The molecule has 22 heavy (non-hydrogen) atoms. The van der Waals surface area contributed by atoms with Crippen molar-refractivity contribution in [3.63, 3.8) is 0 Å². The molecular weight excluding hydrogens is 272 g/mol. The average Bonchev–Trinajstić information content (AvgIpc) is 2.59. The topological polar surface area (TPSA) is 26.3 Å². The minimum absolute atomic E-state index is 0.00193. The van der Waals surface area contributed by atoms with E-state index in [1.807, 2.05) is 54.6 Å². The summed E-state index contributed by atoms with van der Waals surface area (Å²) in [7, 11) is 1.59. The predicted octanol–water partition coefficient (Wildman–Crippen LogP) is 4.32. The van der Waals surface area contributed by atoms with Gasteiger partial charge in [0.1, 0.15) is 6.10 Å². The van der Waals surface area contributed by atoms with Crippen molar-refractivity contribution in [3.8, 4) is 0 Å². The summed E-state index contributed by atoms with van der Waals surface area (Å²) in [5.74, 6) is 0.0129. The molecule has 2 nitrogen and oxygen atoms in total. The van der Waals surface area contributed by atoms with Crippen molar-refractivity contribution < 1.29 is 9.53 Å². The largest absolute Gasteiger partial charge is 0.373 e. The highest BCUT2D eigenvalue weighted by atomic mass is 16.5. The van der Waals surface area contributed by atoms with Gasteiger partial charge >= 0.3 is 0 Å². The Balaban J connectivity index is 2.06. The molecule has 0 aromatic heterocycles. The van der Waals surface area contributed by atoms with Crippen molar-refractivity contribution in [1.29, 1.82) is 0 Å². The Morgan fingerprint density at radius 3 is 2.23 bits per heavy atom. The van der Waals surface area contributed by atoms with Gasteiger partial charge in [-0.1, -0.05) is 66.7 Å². The number of ether oxygens (including phenoxy) is 1. The normalized spacial score (nSPS) is 13.3. The third-order valence-corrected chi connectivity index (χ3v) is 3.87. The fourth-order valence-corrected chi connectivity index (χ4v) is 2.61. The summed E-state index contributed by atoms with van der Waals surface area (Å²) in [5, 5.41) is 0. The second-order valence-electron chi connectivity index (χ2n) is 5.31. The van der Waals surface area contributed by atoms with Gasteiger partial charge in [0, 0.05) is 18.6 Å². The Morgan fingerprint density at radius 2 is 1.68 bits per heavy atom. The third-order valence-electron chi connectivity index (χ3n) is 3.87. The monoisotopic (exact) mass is 294 g/mol. The second-order valence-corrected chi connectivity index (χ2v) is 5.31. The van der Waals surface area contributed by atoms with Gasteiger partial charge < -0.3 is 4.74 Å². The summed E-state index contributed by atoms with van der Waals surface area (Å²) >= 11 is 0. The fourth-order valence-electron chi connectivity index (χ4n) is 2.61. The van der Waals surface area contributed by atoms with Crippen LogP contribution in [0, 0.1) is 5.92 Å². The van der Waals surface area contributed by atoms with E-state index in [-0.39, 0.29) is 11.7 Å². The molecule has 0 aliphatic carbocycles. The van der Waals surface area contributed by atoms with Gasteiger partial charge in [0.25, 0.3) is 0 Å². The van der Waals surface area contributed by atoms with Crippen LogP contribution in [0.3, 0.4) is 0 Å². The van der Waals surface area contributed by atoms with Gasteiger partial charge in [0.2, 0.25) is 0 Å². The molecule has 2 atom stereocenters. The molecule has 2 heteroatoms. The molecule has 2 rings (SSSR count). The minimum Gasteiger partial charge on any atom is -0.373 e. The van der Waals surface area contributed by atoms with Gasteiger partial charge in [0.05, 0.1) is 0 Å². The van der Waals surface area contributed by atoms with Crippen molar-refractivity contribution in [2.24, 2.45) is 5.92 Å². The Kier molecular flexibility index (Phi) is 6.11. The Morgan fingerprint density at radius 1 is 1.09 bits per heavy atom. The Hall–Kier alpha value is -2.19. The molecule has 0 radical (unpaired) electrons. The number of methoxy groups -OCH3 is 1. The molecule has 0 unspecified atom stereocenters. The predicted molar refractivity (Wildman–Crippen MR) is 90.0 cm³/mol. The van der Waals surface area contributed by atoms with Crippen LogP contribution in [-0.4, -0.2) is 19.0 Å². The standard InChI is InChI=1S/C20H22O2/c1-3-17(15-14-16-10-6-4-7-11-16)20(22-2)19(21)18-12-8-5-9-13-18/h3-13,17,20H,1,14-15H2,2H3/t17-,20+/m1/s1. The van der Waals surface area contributed by atoms with E-state index >= 15 is 0 Å². The zero-order valence-electron chi connectivity index (χ0n) is 12.9. The highest BCUT2D eigenvalue weighted by Crippen LogP contribution is 2.20. The van der Waals surface area contributed by atoms with E-state index in [1.165, 1.54) is 5.56 Å². The molecular formula is C20H22O2. The van der Waals surface area contributed by atoms with Gasteiger partial charge in [-0.05, 0) is 18.4 Å². The summed E-state index contributed by atoms with van der Waals surface area (Å²) in [6.45, 7) is 3.89. The molecule has 0 saturated carbocycles. The Bertz CT molecular complexity index is 590. The number of Topliss-reactive ketones (excluding diaryl/α,β-unsaturated/α-hetero) is 1. The molecule has 0 amide bonds. The van der Waals surface area contributed by atoms with Crippen molar-refractivity contribution in [2.75, 3.05) is 7.11 Å². The molecule has 2 aromatic rings. The molecule has 2 aromatic carbocycles. The van der Waals surface area contributed by atoms with Crippen LogP contribution in [0.1, 0.15) is 22.3 Å². The van der Waals surface area contributed by atoms with E-state index < -0.39 is 6.10 Å². The molecule has 0 aliphatic rings. The molecule has 0 saturated heterocycles. The number of carbonyl (C=O) groups is 1. The van der Waals surface area contributed by atoms with Crippen LogP contribution in [0.5, 0.6) is 0 Å². The number of hydrogen-bond donors (Lipinski definition) is 0. The molecule has 0 bridgehead atoms. The molecule has 0 spiro atoms. The maximum atomic E-state index is 12.6. The zero-order valence-corrected chi connectivity index (χ0v) is 12.9. The lowest BCUT2D eigenvalue weighted by Gasteiger charge is -2.22. The minimum atomic E-state index is -0.483. The first-order valence-electron chi connectivity index (χ1n) is 7.54. The van der Waals surface area contributed by atoms with E-state index in [4.69, 9.17) is 4.74 Å². The molecule has 0 aliphatic heterocycles. The average molecular weight is 294 g/mol. The van der Waals surface area contributed by atoms with E-state index in [2.05, 4.69) is 18.7 Å². The summed E-state index contributed by atoms with van der Waals surface area (Å²) in [6.07, 6.45) is 3.09.